The number of benzene rings is 1. The zero-order chi connectivity index (χ0) is 15.7. The van der Waals surface area contributed by atoms with Crippen LogP contribution in [0, 0.1) is 0 Å². The van der Waals surface area contributed by atoms with Gasteiger partial charge in [0, 0.05) is 13.6 Å². The van der Waals surface area contributed by atoms with Gasteiger partial charge in [0.2, 0.25) is 5.91 Å². The Morgan fingerprint density at radius 2 is 2.27 bits per heavy atom. The molecule has 1 aromatic carbocycles. The molecule has 1 aromatic heterocycles. The maximum Gasteiger partial charge on any atom is 0.249 e. The minimum atomic E-state index is -0.398. The van der Waals surface area contributed by atoms with Gasteiger partial charge in [-0.15, -0.1) is 0 Å². The number of nitrogens with one attached hydrogen (secondary N) is 1. The molecule has 0 bridgehead atoms. The number of ether oxygens (including phenoxy) is 1. The number of aryl methyl sites for hydroxylation is 1. The third kappa shape index (κ3) is 2.71. The van der Waals surface area contributed by atoms with Crippen molar-refractivity contribution in [1.29, 1.82) is 0 Å². The molecule has 0 saturated carbocycles. The van der Waals surface area contributed by atoms with Crippen LogP contribution in [0.4, 0.5) is 0 Å². The van der Waals surface area contributed by atoms with Gasteiger partial charge < -0.3 is 20.4 Å². The first-order chi connectivity index (χ1) is 10.6. The van der Waals surface area contributed by atoms with Crippen molar-refractivity contribution in [2.45, 2.75) is 38.0 Å². The lowest BCUT2D eigenvalue weighted by molar-refractivity contribution is -0.132. The Morgan fingerprint density at radius 3 is 2.95 bits per heavy atom. The highest BCUT2D eigenvalue weighted by atomic mass is 16.5. The third-order valence-corrected chi connectivity index (χ3v) is 4.23. The molecule has 1 fully saturated rings. The number of fused-ring (bicyclic) bond motifs is 1. The van der Waals surface area contributed by atoms with Crippen molar-refractivity contribution < 1.29 is 9.53 Å². The second-order valence-corrected chi connectivity index (χ2v) is 5.81. The quantitative estimate of drug-likeness (QED) is 0.890. The predicted molar refractivity (Wildman–Crippen MR) is 84.2 cm³/mol. The number of para-hydroxylation sites is 2. The largest absolute Gasteiger partial charge is 0.364 e. The van der Waals surface area contributed by atoms with Crippen LogP contribution in [0.25, 0.3) is 11.0 Å². The molecule has 1 unspecified atom stereocenters. The number of imidazole rings is 1. The van der Waals surface area contributed by atoms with E-state index in [4.69, 9.17) is 10.5 Å². The zero-order valence-electron chi connectivity index (χ0n) is 13.0. The summed E-state index contributed by atoms with van der Waals surface area (Å²) in [5.74, 6) is 0.749. The second kappa shape index (κ2) is 6.06. The minimum absolute atomic E-state index is 0.00167. The molecule has 1 aliphatic rings. The fraction of sp³-hybridized carbons (Fsp3) is 0.500. The first kappa shape index (κ1) is 15.0. The molecule has 1 saturated heterocycles. The van der Waals surface area contributed by atoms with Crippen molar-refractivity contribution in [3.8, 4) is 0 Å². The Kier molecular flexibility index (Phi) is 4.13. The fourth-order valence-electron chi connectivity index (χ4n) is 2.99. The standard InChI is InChI=1S/C16H22N4O2/c1-10(18-16(21)14-8-7-11(9-17)22-14)15-19-12-5-3-4-6-13(12)20(15)2/h3-6,10-11,14H,7-9,17H2,1-2H3,(H,18,21)/t10?,11-,14+/m1/s1. The van der Waals surface area contributed by atoms with Crippen LogP contribution in [0.3, 0.4) is 0 Å². The molecule has 1 amide bonds. The van der Waals surface area contributed by atoms with Gasteiger partial charge in [-0.2, -0.15) is 0 Å². The summed E-state index contributed by atoms with van der Waals surface area (Å²) in [5, 5.41) is 3.00. The van der Waals surface area contributed by atoms with Gasteiger partial charge in [0.15, 0.2) is 0 Å². The van der Waals surface area contributed by atoms with E-state index in [1.54, 1.807) is 0 Å². The van der Waals surface area contributed by atoms with E-state index < -0.39 is 6.10 Å². The monoisotopic (exact) mass is 302 g/mol. The predicted octanol–water partition coefficient (Wildman–Crippen LogP) is 1.26. The number of nitrogens with zero attached hydrogens (tertiary/aromatic N) is 2. The summed E-state index contributed by atoms with van der Waals surface area (Å²) in [7, 11) is 1.96. The summed E-state index contributed by atoms with van der Waals surface area (Å²) < 4.78 is 7.65. The van der Waals surface area contributed by atoms with Crippen LogP contribution in [0.1, 0.15) is 31.6 Å². The van der Waals surface area contributed by atoms with Crippen molar-refractivity contribution in [2.24, 2.45) is 12.8 Å². The lowest BCUT2D eigenvalue weighted by Crippen LogP contribution is -2.37. The van der Waals surface area contributed by atoms with Crippen LogP contribution >= 0.6 is 0 Å². The van der Waals surface area contributed by atoms with Gasteiger partial charge in [0.25, 0.3) is 0 Å². The topological polar surface area (TPSA) is 82.2 Å². The molecule has 6 heteroatoms. The van der Waals surface area contributed by atoms with Gasteiger partial charge in [-0.25, -0.2) is 4.98 Å². The lowest BCUT2D eigenvalue weighted by atomic mass is 10.2. The van der Waals surface area contributed by atoms with Gasteiger partial charge in [-0.1, -0.05) is 12.1 Å². The molecule has 3 atom stereocenters. The number of carbonyl (C=O) groups is 1. The second-order valence-electron chi connectivity index (χ2n) is 5.81. The third-order valence-electron chi connectivity index (χ3n) is 4.23. The van der Waals surface area contributed by atoms with Crippen LogP contribution in [0.2, 0.25) is 0 Å². The number of nitrogens with two attached hydrogens (primary N) is 1. The fourth-order valence-corrected chi connectivity index (χ4v) is 2.99. The molecule has 6 nitrogen and oxygen atoms in total. The van der Waals surface area contributed by atoms with Gasteiger partial charge in [0.1, 0.15) is 11.9 Å². The highest BCUT2D eigenvalue weighted by Crippen LogP contribution is 2.22. The van der Waals surface area contributed by atoms with E-state index >= 15 is 0 Å². The van der Waals surface area contributed by atoms with E-state index in [0.717, 1.165) is 29.7 Å². The Hall–Kier alpha value is -1.92. The summed E-state index contributed by atoms with van der Waals surface area (Å²) in [4.78, 5) is 16.9. The maximum atomic E-state index is 12.3. The average molecular weight is 302 g/mol. The summed E-state index contributed by atoms with van der Waals surface area (Å²) in [6.45, 7) is 2.40. The summed E-state index contributed by atoms with van der Waals surface area (Å²) in [5.41, 5.74) is 7.57. The molecule has 3 rings (SSSR count). The molecule has 22 heavy (non-hydrogen) atoms. The van der Waals surface area contributed by atoms with E-state index in [-0.39, 0.29) is 18.1 Å². The van der Waals surface area contributed by atoms with Crippen LogP contribution in [0.15, 0.2) is 24.3 Å². The van der Waals surface area contributed by atoms with Crippen molar-refractivity contribution in [1.82, 2.24) is 14.9 Å². The number of amides is 1. The minimum Gasteiger partial charge on any atom is -0.364 e. The highest BCUT2D eigenvalue weighted by Gasteiger charge is 2.31. The van der Waals surface area contributed by atoms with E-state index in [1.165, 1.54) is 0 Å². The van der Waals surface area contributed by atoms with Gasteiger partial charge >= 0.3 is 0 Å². The number of rotatable bonds is 4. The number of aromatic nitrogens is 2. The molecule has 2 heterocycles. The molecule has 0 aliphatic carbocycles. The molecule has 0 spiro atoms. The van der Waals surface area contributed by atoms with E-state index in [9.17, 15) is 4.79 Å². The average Bonchev–Trinajstić information content (AvgIpc) is 3.12. The molecule has 1 aliphatic heterocycles. The maximum absolute atomic E-state index is 12.3. The van der Waals surface area contributed by atoms with Gasteiger partial charge in [0.05, 0.1) is 23.2 Å². The van der Waals surface area contributed by atoms with Crippen LogP contribution in [0.5, 0.6) is 0 Å². The Morgan fingerprint density at radius 1 is 1.50 bits per heavy atom. The van der Waals surface area contributed by atoms with Crippen molar-refractivity contribution in [2.75, 3.05) is 6.54 Å². The van der Waals surface area contributed by atoms with Gasteiger partial charge in [-0.3, -0.25) is 4.79 Å². The first-order valence-corrected chi connectivity index (χ1v) is 7.67. The molecular formula is C16H22N4O2. The molecule has 2 aromatic rings. The van der Waals surface area contributed by atoms with Crippen molar-refractivity contribution >= 4 is 16.9 Å². The normalized spacial score (nSPS) is 22.9. The molecule has 118 valence electrons. The molecular weight excluding hydrogens is 280 g/mol. The highest BCUT2D eigenvalue weighted by molar-refractivity contribution is 5.81. The lowest BCUT2D eigenvalue weighted by Gasteiger charge is -2.17. The Bertz CT molecular complexity index is 682. The number of hydrogen-bond donors (Lipinski definition) is 2. The summed E-state index contributed by atoms with van der Waals surface area (Å²) in [6, 6.07) is 7.76. The number of hydrogen-bond acceptors (Lipinski definition) is 4. The smallest absolute Gasteiger partial charge is 0.249 e. The van der Waals surface area contributed by atoms with E-state index in [0.29, 0.717) is 6.54 Å². The van der Waals surface area contributed by atoms with Crippen LogP contribution in [-0.2, 0) is 16.6 Å². The van der Waals surface area contributed by atoms with Crippen LogP contribution in [-0.4, -0.2) is 34.2 Å². The van der Waals surface area contributed by atoms with E-state index in [2.05, 4.69) is 10.3 Å². The van der Waals surface area contributed by atoms with Crippen LogP contribution < -0.4 is 11.1 Å². The Balaban J connectivity index is 1.72. The van der Waals surface area contributed by atoms with Crippen molar-refractivity contribution in [3.05, 3.63) is 30.1 Å². The van der Waals surface area contributed by atoms with Gasteiger partial charge in [-0.05, 0) is 31.9 Å². The summed E-state index contributed by atoms with van der Waals surface area (Å²) >= 11 is 0. The van der Waals surface area contributed by atoms with Crippen molar-refractivity contribution in [3.63, 3.8) is 0 Å². The molecule has 3 N–H and O–H groups in total. The Labute approximate surface area is 129 Å². The SMILES string of the molecule is CC(NC(=O)[C@@H]1CC[C@H](CN)O1)c1nc2ccccc2n1C. The first-order valence-electron chi connectivity index (χ1n) is 7.67. The van der Waals surface area contributed by atoms with E-state index in [1.807, 2.05) is 42.8 Å². The molecule has 0 radical (unpaired) electrons. The number of carbonyl (C=O) groups excluding carboxylic acids is 1. The zero-order valence-corrected chi connectivity index (χ0v) is 13.0. The summed E-state index contributed by atoms with van der Waals surface area (Å²) in [6.07, 6.45) is 1.17.